The first-order chi connectivity index (χ1) is 11.8. The first-order valence-electron chi connectivity index (χ1n) is 8.11. The lowest BCUT2D eigenvalue weighted by Gasteiger charge is -2.16. The molecule has 3 rings (SSSR count). The monoisotopic (exact) mass is 327 g/mol. The summed E-state index contributed by atoms with van der Waals surface area (Å²) in [6.45, 7) is 2.81. The Morgan fingerprint density at radius 1 is 1.17 bits per heavy atom. The minimum atomic E-state index is -0.308. The van der Waals surface area contributed by atoms with Crippen LogP contribution in [0.4, 0.5) is 16.4 Å². The van der Waals surface area contributed by atoms with E-state index in [0.29, 0.717) is 19.0 Å². The van der Waals surface area contributed by atoms with Gasteiger partial charge < -0.3 is 15.0 Å². The van der Waals surface area contributed by atoms with Crippen LogP contribution in [0.15, 0.2) is 42.7 Å². The summed E-state index contributed by atoms with van der Waals surface area (Å²) in [5, 5.41) is 5.46. The number of rotatable bonds is 6. The minimum Gasteiger partial charge on any atom is -0.492 e. The van der Waals surface area contributed by atoms with Crippen molar-refractivity contribution in [2.75, 3.05) is 36.5 Å². The molecule has 7 nitrogen and oxygen atoms in total. The number of para-hydroxylation sites is 1. The van der Waals surface area contributed by atoms with Crippen molar-refractivity contribution in [3.05, 3.63) is 42.7 Å². The van der Waals surface area contributed by atoms with Crippen molar-refractivity contribution >= 4 is 17.7 Å². The van der Waals surface area contributed by atoms with E-state index in [1.165, 1.54) is 19.2 Å². The number of nitrogens with one attached hydrogen (secondary N) is 2. The number of amides is 2. The van der Waals surface area contributed by atoms with Crippen molar-refractivity contribution in [2.24, 2.45) is 0 Å². The van der Waals surface area contributed by atoms with Crippen LogP contribution in [0.2, 0.25) is 0 Å². The molecule has 2 N–H and O–H groups in total. The Balaban J connectivity index is 1.42. The van der Waals surface area contributed by atoms with Gasteiger partial charge in [0, 0.05) is 19.2 Å². The van der Waals surface area contributed by atoms with Crippen LogP contribution in [-0.4, -0.2) is 42.2 Å². The van der Waals surface area contributed by atoms with Gasteiger partial charge in [-0.05, 0) is 25.0 Å². The predicted molar refractivity (Wildman–Crippen MR) is 92.4 cm³/mol. The van der Waals surface area contributed by atoms with Crippen LogP contribution in [0.5, 0.6) is 5.75 Å². The van der Waals surface area contributed by atoms with Crippen molar-refractivity contribution in [2.45, 2.75) is 12.8 Å². The number of nitrogens with zero attached hydrogens (tertiary/aromatic N) is 3. The molecule has 0 bridgehead atoms. The van der Waals surface area contributed by atoms with E-state index >= 15 is 0 Å². The first-order valence-corrected chi connectivity index (χ1v) is 8.11. The Morgan fingerprint density at radius 2 is 1.96 bits per heavy atom. The fourth-order valence-electron chi connectivity index (χ4n) is 2.55. The first kappa shape index (κ1) is 16.0. The molecule has 7 heteroatoms. The number of carbonyl (C=O) groups is 1. The molecule has 1 aliphatic rings. The smallest absolute Gasteiger partial charge is 0.320 e. The highest BCUT2D eigenvalue weighted by molar-refractivity contribution is 5.88. The summed E-state index contributed by atoms with van der Waals surface area (Å²) in [6.07, 6.45) is 3.82. The summed E-state index contributed by atoms with van der Waals surface area (Å²) in [5.74, 6) is 2.13. The Labute approximate surface area is 141 Å². The van der Waals surface area contributed by atoms with E-state index in [0.717, 1.165) is 24.7 Å². The zero-order valence-corrected chi connectivity index (χ0v) is 13.4. The summed E-state index contributed by atoms with van der Waals surface area (Å²) < 4.78 is 5.52. The molecular weight excluding hydrogens is 306 g/mol. The third-order valence-corrected chi connectivity index (χ3v) is 3.72. The van der Waals surface area contributed by atoms with Gasteiger partial charge in [0.2, 0.25) is 0 Å². The average Bonchev–Trinajstić information content (AvgIpc) is 3.15. The van der Waals surface area contributed by atoms with Crippen LogP contribution >= 0.6 is 0 Å². The molecule has 0 unspecified atom stereocenters. The number of ether oxygens (including phenoxy) is 1. The Bertz CT molecular complexity index is 659. The SMILES string of the molecule is O=C(NCCOc1ccccc1)Nc1cc(N2CCCC2)ncn1. The molecule has 126 valence electrons. The zero-order chi connectivity index (χ0) is 16.6. The van der Waals surface area contributed by atoms with Gasteiger partial charge >= 0.3 is 6.03 Å². The zero-order valence-electron chi connectivity index (χ0n) is 13.4. The van der Waals surface area contributed by atoms with E-state index in [2.05, 4.69) is 25.5 Å². The van der Waals surface area contributed by atoms with Crippen LogP contribution < -0.4 is 20.3 Å². The maximum atomic E-state index is 11.9. The van der Waals surface area contributed by atoms with Crippen LogP contribution in [-0.2, 0) is 0 Å². The Morgan fingerprint density at radius 3 is 2.75 bits per heavy atom. The summed E-state index contributed by atoms with van der Waals surface area (Å²) >= 11 is 0. The third-order valence-electron chi connectivity index (χ3n) is 3.72. The topological polar surface area (TPSA) is 79.4 Å². The second-order valence-electron chi connectivity index (χ2n) is 5.50. The van der Waals surface area contributed by atoms with Gasteiger partial charge in [0.15, 0.2) is 0 Å². The van der Waals surface area contributed by atoms with Crippen molar-refractivity contribution in [3.8, 4) is 5.75 Å². The summed E-state index contributed by atoms with van der Waals surface area (Å²) in [7, 11) is 0. The van der Waals surface area contributed by atoms with Gasteiger partial charge in [-0.2, -0.15) is 0 Å². The number of aromatic nitrogens is 2. The highest BCUT2D eigenvalue weighted by Gasteiger charge is 2.14. The van der Waals surface area contributed by atoms with Crippen molar-refractivity contribution in [3.63, 3.8) is 0 Å². The lowest BCUT2D eigenvalue weighted by atomic mass is 10.3. The molecular formula is C17H21N5O2. The molecule has 2 aromatic rings. The number of hydrogen-bond donors (Lipinski definition) is 2. The summed E-state index contributed by atoms with van der Waals surface area (Å²) in [4.78, 5) is 22.4. The van der Waals surface area contributed by atoms with E-state index in [1.807, 2.05) is 30.3 Å². The number of anilines is 2. The molecule has 2 amide bonds. The fourth-order valence-corrected chi connectivity index (χ4v) is 2.55. The molecule has 24 heavy (non-hydrogen) atoms. The minimum absolute atomic E-state index is 0.308. The van der Waals surface area contributed by atoms with Crippen molar-refractivity contribution in [1.82, 2.24) is 15.3 Å². The molecule has 0 radical (unpaired) electrons. The quantitative estimate of drug-likeness (QED) is 0.796. The van der Waals surface area contributed by atoms with Gasteiger partial charge in [0.1, 0.15) is 30.3 Å². The van der Waals surface area contributed by atoms with E-state index in [4.69, 9.17) is 4.74 Å². The molecule has 1 aliphatic heterocycles. The van der Waals surface area contributed by atoms with Gasteiger partial charge in [-0.3, -0.25) is 5.32 Å². The fraction of sp³-hybridized carbons (Fsp3) is 0.353. The van der Waals surface area contributed by atoms with E-state index in [9.17, 15) is 4.79 Å². The molecule has 1 fully saturated rings. The van der Waals surface area contributed by atoms with Gasteiger partial charge in [-0.25, -0.2) is 14.8 Å². The molecule has 1 aromatic heterocycles. The van der Waals surface area contributed by atoms with Gasteiger partial charge in [0.05, 0.1) is 6.54 Å². The standard InChI is InChI=1S/C17H21N5O2/c23-17(18-8-11-24-14-6-2-1-3-7-14)21-15-12-16(20-13-19-15)22-9-4-5-10-22/h1-3,6-7,12-13H,4-5,8-11H2,(H2,18,19,20,21,23). The number of hydrogen-bond acceptors (Lipinski definition) is 5. The second kappa shape index (κ2) is 8.14. The lowest BCUT2D eigenvalue weighted by molar-refractivity contribution is 0.247. The van der Waals surface area contributed by atoms with Crippen LogP contribution in [0.25, 0.3) is 0 Å². The average molecular weight is 327 g/mol. The van der Waals surface area contributed by atoms with E-state index in [1.54, 1.807) is 6.07 Å². The molecule has 0 aliphatic carbocycles. The van der Waals surface area contributed by atoms with Gasteiger partial charge in [-0.1, -0.05) is 18.2 Å². The lowest BCUT2D eigenvalue weighted by Crippen LogP contribution is -2.32. The molecule has 0 saturated carbocycles. The molecule has 0 atom stereocenters. The highest BCUT2D eigenvalue weighted by Crippen LogP contribution is 2.19. The van der Waals surface area contributed by atoms with Gasteiger partial charge in [-0.15, -0.1) is 0 Å². The van der Waals surface area contributed by atoms with Gasteiger partial charge in [0.25, 0.3) is 0 Å². The maximum absolute atomic E-state index is 11.9. The number of carbonyl (C=O) groups excluding carboxylic acids is 1. The second-order valence-corrected chi connectivity index (χ2v) is 5.50. The van der Waals surface area contributed by atoms with Crippen molar-refractivity contribution < 1.29 is 9.53 Å². The summed E-state index contributed by atoms with van der Waals surface area (Å²) in [5.41, 5.74) is 0. The molecule has 0 spiro atoms. The van der Waals surface area contributed by atoms with Crippen LogP contribution in [0, 0.1) is 0 Å². The largest absolute Gasteiger partial charge is 0.492 e. The predicted octanol–water partition coefficient (Wildman–Crippen LogP) is 2.28. The number of benzene rings is 1. The number of urea groups is 1. The van der Waals surface area contributed by atoms with Crippen molar-refractivity contribution in [1.29, 1.82) is 0 Å². The Kier molecular flexibility index (Phi) is 5.44. The van der Waals surface area contributed by atoms with E-state index in [-0.39, 0.29) is 6.03 Å². The summed E-state index contributed by atoms with van der Waals surface area (Å²) in [6, 6.07) is 11.0. The maximum Gasteiger partial charge on any atom is 0.320 e. The normalized spacial score (nSPS) is 13.6. The molecule has 1 saturated heterocycles. The Hall–Kier alpha value is -2.83. The van der Waals surface area contributed by atoms with E-state index < -0.39 is 0 Å². The van der Waals surface area contributed by atoms with Crippen LogP contribution in [0.1, 0.15) is 12.8 Å². The van der Waals surface area contributed by atoms with Crippen LogP contribution in [0.3, 0.4) is 0 Å². The third kappa shape index (κ3) is 4.58. The highest BCUT2D eigenvalue weighted by atomic mass is 16.5. The molecule has 1 aromatic carbocycles. The molecule has 2 heterocycles.